The van der Waals surface area contributed by atoms with Crippen LogP contribution in [0.1, 0.15) is 19.3 Å². The smallest absolute Gasteiger partial charge is 0.342 e. The number of hydrogen-bond donors (Lipinski definition) is 4. The van der Waals surface area contributed by atoms with Crippen LogP contribution in [-0.4, -0.2) is 18.6 Å². The predicted octanol–water partition coefficient (Wildman–Crippen LogP) is -1.64. The molecule has 0 saturated heterocycles. The summed E-state index contributed by atoms with van der Waals surface area (Å²) in [6.45, 7) is 0.606. The van der Waals surface area contributed by atoms with Crippen molar-refractivity contribution in [2.45, 2.75) is 25.3 Å². The van der Waals surface area contributed by atoms with Crippen molar-refractivity contribution in [3.63, 3.8) is 0 Å². The minimum Gasteiger partial charge on any atom is -0.372 e. The van der Waals surface area contributed by atoms with Crippen LogP contribution in [0.2, 0.25) is 0 Å². The second kappa shape index (κ2) is 6.99. The van der Waals surface area contributed by atoms with Crippen LogP contribution in [-0.2, 0) is 9.63 Å². The van der Waals surface area contributed by atoms with Crippen LogP contribution in [0.4, 0.5) is 0 Å². The van der Waals surface area contributed by atoms with Gasteiger partial charge in [-0.25, -0.2) is 10.2 Å². The predicted molar refractivity (Wildman–Crippen MR) is 44.3 cm³/mol. The van der Waals surface area contributed by atoms with Crippen LogP contribution in [0, 0.1) is 0 Å². The molecule has 0 fully saturated rings. The van der Waals surface area contributed by atoms with Gasteiger partial charge in [-0.2, -0.15) is 5.90 Å². The maximum Gasteiger partial charge on any atom is 0.342 e. The van der Waals surface area contributed by atoms with Crippen molar-refractivity contribution in [1.82, 2.24) is 5.43 Å². The van der Waals surface area contributed by atoms with Crippen LogP contribution >= 0.6 is 0 Å². The molecule has 0 heterocycles. The third kappa shape index (κ3) is 4.24. The molecule has 72 valence electrons. The third-order valence-corrected chi connectivity index (χ3v) is 1.55. The highest BCUT2D eigenvalue weighted by Gasteiger charge is 2.16. The number of rotatable bonds is 6. The maximum atomic E-state index is 10.8. The zero-order chi connectivity index (χ0) is 9.40. The first-order valence-electron chi connectivity index (χ1n) is 3.83. The lowest BCUT2D eigenvalue weighted by molar-refractivity contribution is -0.147. The van der Waals surface area contributed by atoms with Crippen molar-refractivity contribution < 1.29 is 9.63 Å². The molecular weight excluding hydrogens is 160 g/mol. The summed E-state index contributed by atoms with van der Waals surface area (Å²) in [7, 11) is 0. The highest BCUT2D eigenvalue weighted by Crippen LogP contribution is 2.00. The Morgan fingerprint density at radius 2 is 2.17 bits per heavy atom. The Kier molecular flexibility index (Phi) is 6.58. The monoisotopic (exact) mass is 176 g/mol. The standard InChI is InChI=1S/C6H16N4O2/c7-4-2-1-3-5(10-8)6(11)12-9/h5,10H,1-4,7-9H2/t5-/m0/s1. The number of nitrogens with one attached hydrogen (secondary N) is 1. The first kappa shape index (κ1) is 11.3. The molecule has 0 bridgehead atoms. The summed E-state index contributed by atoms with van der Waals surface area (Å²) in [6.07, 6.45) is 2.26. The van der Waals surface area contributed by atoms with E-state index in [1.165, 1.54) is 0 Å². The van der Waals surface area contributed by atoms with Crippen LogP contribution in [0.5, 0.6) is 0 Å². The summed E-state index contributed by atoms with van der Waals surface area (Å²) in [5.41, 5.74) is 7.59. The second-order valence-electron chi connectivity index (χ2n) is 2.44. The molecule has 0 aliphatic rings. The number of nitrogens with two attached hydrogens (primary N) is 3. The van der Waals surface area contributed by atoms with E-state index >= 15 is 0 Å². The molecule has 0 amide bonds. The van der Waals surface area contributed by atoms with E-state index in [1.807, 2.05) is 0 Å². The lowest BCUT2D eigenvalue weighted by atomic mass is 10.1. The van der Waals surface area contributed by atoms with Gasteiger partial charge in [0.2, 0.25) is 0 Å². The summed E-state index contributed by atoms with van der Waals surface area (Å²) in [5.74, 6) is 9.23. The van der Waals surface area contributed by atoms with E-state index in [2.05, 4.69) is 16.2 Å². The number of hydrazine groups is 1. The van der Waals surface area contributed by atoms with Crippen LogP contribution in [0.25, 0.3) is 0 Å². The number of carbonyl (C=O) groups is 1. The number of carbonyl (C=O) groups excluding carboxylic acids is 1. The van der Waals surface area contributed by atoms with Gasteiger partial charge < -0.3 is 10.6 Å². The fourth-order valence-electron chi connectivity index (χ4n) is 0.844. The zero-order valence-corrected chi connectivity index (χ0v) is 6.95. The molecule has 1 atom stereocenters. The first-order valence-corrected chi connectivity index (χ1v) is 3.83. The second-order valence-corrected chi connectivity index (χ2v) is 2.44. The van der Waals surface area contributed by atoms with Crippen LogP contribution in [0.15, 0.2) is 0 Å². The van der Waals surface area contributed by atoms with E-state index in [0.717, 1.165) is 12.8 Å². The molecule has 0 aliphatic carbocycles. The molecule has 0 aromatic rings. The summed E-state index contributed by atoms with van der Waals surface area (Å²) in [4.78, 5) is 14.8. The van der Waals surface area contributed by atoms with Gasteiger partial charge in [-0.15, -0.1) is 0 Å². The molecule has 0 aliphatic heterocycles. The quantitative estimate of drug-likeness (QED) is 0.219. The molecule has 6 heteroatoms. The highest BCUT2D eigenvalue weighted by atomic mass is 16.7. The summed E-state index contributed by atoms with van der Waals surface area (Å²) < 4.78 is 0. The summed E-state index contributed by atoms with van der Waals surface area (Å²) in [5, 5.41) is 0. The van der Waals surface area contributed by atoms with Crippen LogP contribution in [0.3, 0.4) is 0 Å². The minimum absolute atomic E-state index is 0.526. The topological polar surface area (TPSA) is 116 Å². The summed E-state index contributed by atoms with van der Waals surface area (Å²) in [6, 6.07) is -0.526. The molecule has 0 radical (unpaired) electrons. The van der Waals surface area contributed by atoms with Gasteiger partial charge in [-0.3, -0.25) is 5.84 Å². The highest BCUT2D eigenvalue weighted by molar-refractivity contribution is 5.75. The SMILES string of the molecule is NCCCC[C@H](NN)C(=O)ON. The maximum absolute atomic E-state index is 10.8. The van der Waals surface area contributed by atoms with Crippen molar-refractivity contribution in [2.75, 3.05) is 6.54 Å². The lowest BCUT2D eigenvalue weighted by Crippen LogP contribution is -2.43. The van der Waals surface area contributed by atoms with Gasteiger partial charge in [-0.05, 0) is 25.8 Å². The van der Waals surface area contributed by atoms with Crippen molar-refractivity contribution in [3.05, 3.63) is 0 Å². The average molecular weight is 176 g/mol. The molecule has 6 nitrogen and oxygen atoms in total. The van der Waals surface area contributed by atoms with E-state index in [9.17, 15) is 4.79 Å². The fourth-order valence-corrected chi connectivity index (χ4v) is 0.844. The first-order chi connectivity index (χ1) is 5.76. The molecule has 0 spiro atoms. The van der Waals surface area contributed by atoms with Gasteiger partial charge >= 0.3 is 5.97 Å². The molecule has 0 unspecified atom stereocenters. The number of unbranched alkanes of at least 4 members (excludes halogenated alkanes) is 1. The largest absolute Gasteiger partial charge is 0.372 e. The molecule has 0 aromatic heterocycles. The van der Waals surface area contributed by atoms with E-state index < -0.39 is 12.0 Å². The van der Waals surface area contributed by atoms with Gasteiger partial charge in [0.15, 0.2) is 0 Å². The molecular formula is C6H16N4O2. The van der Waals surface area contributed by atoms with Crippen molar-refractivity contribution in [3.8, 4) is 0 Å². The fraction of sp³-hybridized carbons (Fsp3) is 0.833. The summed E-state index contributed by atoms with van der Waals surface area (Å²) >= 11 is 0. The van der Waals surface area contributed by atoms with E-state index in [4.69, 9.17) is 11.6 Å². The van der Waals surface area contributed by atoms with Gasteiger partial charge in [0, 0.05) is 0 Å². The Morgan fingerprint density at radius 3 is 2.58 bits per heavy atom. The van der Waals surface area contributed by atoms with Gasteiger partial charge in [0.05, 0.1) is 0 Å². The Hall–Kier alpha value is -0.690. The Bertz CT molecular complexity index is 131. The van der Waals surface area contributed by atoms with E-state index in [0.29, 0.717) is 13.0 Å². The Labute approximate surface area is 71.3 Å². The number of hydrogen-bond acceptors (Lipinski definition) is 6. The minimum atomic E-state index is -0.547. The van der Waals surface area contributed by atoms with Gasteiger partial charge in [0.1, 0.15) is 6.04 Å². The van der Waals surface area contributed by atoms with Crippen LogP contribution < -0.4 is 22.9 Å². The van der Waals surface area contributed by atoms with Crippen molar-refractivity contribution >= 4 is 5.97 Å². The van der Waals surface area contributed by atoms with Crippen molar-refractivity contribution in [1.29, 1.82) is 0 Å². The average Bonchev–Trinajstić information content (AvgIpc) is 2.11. The Balaban J connectivity index is 3.60. The van der Waals surface area contributed by atoms with Gasteiger partial charge in [0.25, 0.3) is 0 Å². The third-order valence-electron chi connectivity index (χ3n) is 1.55. The van der Waals surface area contributed by atoms with Gasteiger partial charge in [-0.1, -0.05) is 0 Å². The molecule has 0 saturated carbocycles. The normalized spacial score (nSPS) is 12.6. The molecule has 7 N–H and O–H groups in total. The zero-order valence-electron chi connectivity index (χ0n) is 6.95. The molecule has 0 rings (SSSR count). The molecule has 0 aromatic carbocycles. The van der Waals surface area contributed by atoms with E-state index in [-0.39, 0.29) is 0 Å². The Morgan fingerprint density at radius 1 is 1.50 bits per heavy atom. The van der Waals surface area contributed by atoms with E-state index in [1.54, 1.807) is 0 Å². The lowest BCUT2D eigenvalue weighted by Gasteiger charge is -2.11. The van der Waals surface area contributed by atoms with Crippen molar-refractivity contribution in [2.24, 2.45) is 17.5 Å². The molecule has 12 heavy (non-hydrogen) atoms.